The van der Waals surface area contributed by atoms with Crippen LogP contribution in [-0.2, 0) is 24.0 Å². The SMILES string of the molecule is CC(=O)N1c2ccccc2N(C(=O)C[C@@H](C(=O)NC(CC(=O)O)C(=O)CF)C(C)C)c2ccccc21. The number of carboxylic acid groups (broad SMARTS) is 1. The number of hydrogen-bond donors (Lipinski definition) is 2. The van der Waals surface area contributed by atoms with E-state index in [1.807, 2.05) is 0 Å². The van der Waals surface area contributed by atoms with Crippen molar-refractivity contribution in [1.29, 1.82) is 0 Å². The van der Waals surface area contributed by atoms with Gasteiger partial charge in [0.25, 0.3) is 0 Å². The summed E-state index contributed by atoms with van der Waals surface area (Å²) in [5.74, 6) is -5.08. The van der Waals surface area contributed by atoms with Crippen LogP contribution in [0.1, 0.15) is 33.6 Å². The fourth-order valence-electron chi connectivity index (χ4n) is 4.25. The first-order chi connectivity index (χ1) is 17.1. The molecule has 1 heterocycles. The van der Waals surface area contributed by atoms with Crippen molar-refractivity contribution in [3.8, 4) is 0 Å². The molecule has 2 atom stereocenters. The molecule has 2 aromatic carbocycles. The number of para-hydroxylation sites is 4. The number of Topliss-reactive ketones (excluding diaryl/α,β-unsaturated/α-hetero) is 1. The standard InChI is InChI=1S/C26H28FN3O6/c1-15(2)17(26(36)28-18(13-25(34)35)23(32)14-27)12-24(33)30-21-10-6-4-8-19(21)29(16(3)31)20-9-5-7-11-22(20)30/h4-11,15,17-18H,12-14H2,1-3H3,(H,28,36)(H,34,35)/t17-,18?/m1/s1. The third kappa shape index (κ3) is 5.42. The first-order valence-electron chi connectivity index (χ1n) is 11.5. The molecule has 3 amide bonds. The summed E-state index contributed by atoms with van der Waals surface area (Å²) < 4.78 is 12.9. The Morgan fingerprint density at radius 2 is 1.33 bits per heavy atom. The zero-order chi connectivity index (χ0) is 26.6. The molecule has 0 radical (unpaired) electrons. The van der Waals surface area contributed by atoms with E-state index in [0.717, 1.165) is 0 Å². The molecule has 1 aliphatic rings. The minimum atomic E-state index is -1.53. The molecule has 0 fully saturated rings. The van der Waals surface area contributed by atoms with Gasteiger partial charge in [-0.2, -0.15) is 0 Å². The van der Waals surface area contributed by atoms with E-state index in [1.165, 1.54) is 16.7 Å². The lowest BCUT2D eigenvalue weighted by molar-refractivity contribution is -0.141. The number of amides is 3. The molecule has 0 aliphatic carbocycles. The van der Waals surface area contributed by atoms with Crippen LogP contribution < -0.4 is 15.1 Å². The van der Waals surface area contributed by atoms with Gasteiger partial charge in [0.1, 0.15) is 12.7 Å². The number of anilines is 4. The number of alkyl halides is 1. The number of carboxylic acids is 1. The summed E-state index contributed by atoms with van der Waals surface area (Å²) in [6, 6.07) is 12.3. The summed E-state index contributed by atoms with van der Waals surface area (Å²) in [5, 5.41) is 11.4. The van der Waals surface area contributed by atoms with Gasteiger partial charge in [0.2, 0.25) is 17.7 Å². The third-order valence-corrected chi connectivity index (χ3v) is 6.04. The van der Waals surface area contributed by atoms with Crippen LogP contribution in [0.3, 0.4) is 0 Å². The molecule has 9 nitrogen and oxygen atoms in total. The van der Waals surface area contributed by atoms with Gasteiger partial charge >= 0.3 is 5.97 Å². The number of rotatable bonds is 9. The van der Waals surface area contributed by atoms with E-state index in [2.05, 4.69) is 5.32 Å². The predicted octanol–water partition coefficient (Wildman–Crippen LogP) is 3.51. The van der Waals surface area contributed by atoms with Gasteiger partial charge in [-0.1, -0.05) is 38.1 Å². The highest BCUT2D eigenvalue weighted by atomic mass is 19.1. The Kier molecular flexibility index (Phi) is 8.18. The van der Waals surface area contributed by atoms with E-state index in [1.54, 1.807) is 62.4 Å². The van der Waals surface area contributed by atoms with Crippen LogP contribution in [0.15, 0.2) is 48.5 Å². The van der Waals surface area contributed by atoms with Crippen molar-refractivity contribution in [3.63, 3.8) is 0 Å². The van der Waals surface area contributed by atoms with Gasteiger partial charge in [0.05, 0.1) is 29.2 Å². The maximum absolute atomic E-state index is 13.7. The summed E-state index contributed by atoms with van der Waals surface area (Å²) >= 11 is 0. The second-order valence-corrected chi connectivity index (χ2v) is 8.87. The smallest absolute Gasteiger partial charge is 0.305 e. The van der Waals surface area contributed by atoms with Crippen LogP contribution in [0.2, 0.25) is 0 Å². The van der Waals surface area contributed by atoms with Gasteiger partial charge in [0.15, 0.2) is 5.78 Å². The first kappa shape index (κ1) is 26.5. The number of nitrogens with zero attached hydrogens (tertiary/aromatic N) is 2. The molecule has 0 spiro atoms. The topological polar surface area (TPSA) is 124 Å². The fraction of sp³-hybridized carbons (Fsp3) is 0.346. The quantitative estimate of drug-likeness (QED) is 0.546. The van der Waals surface area contributed by atoms with E-state index in [-0.39, 0.29) is 18.2 Å². The average molecular weight is 498 g/mol. The second kappa shape index (κ2) is 11.1. The average Bonchev–Trinajstić information content (AvgIpc) is 2.83. The van der Waals surface area contributed by atoms with Crippen molar-refractivity contribution < 1.29 is 33.5 Å². The fourth-order valence-corrected chi connectivity index (χ4v) is 4.25. The summed E-state index contributed by atoms with van der Waals surface area (Å²) in [4.78, 5) is 65.1. The highest BCUT2D eigenvalue weighted by molar-refractivity contribution is 6.16. The van der Waals surface area contributed by atoms with Gasteiger partial charge in [-0.05, 0) is 30.2 Å². The van der Waals surface area contributed by atoms with Gasteiger partial charge in [-0.15, -0.1) is 0 Å². The number of carbonyl (C=O) groups is 5. The number of fused-ring (bicyclic) bond motifs is 2. The van der Waals surface area contributed by atoms with Crippen molar-refractivity contribution in [2.45, 2.75) is 39.7 Å². The monoisotopic (exact) mass is 497 g/mol. The maximum atomic E-state index is 13.7. The molecule has 10 heteroatoms. The molecular weight excluding hydrogens is 469 g/mol. The lowest BCUT2D eigenvalue weighted by atomic mass is 9.90. The van der Waals surface area contributed by atoms with E-state index < -0.39 is 48.6 Å². The maximum Gasteiger partial charge on any atom is 0.305 e. The number of carbonyl (C=O) groups excluding carboxylic acids is 4. The Balaban J connectivity index is 1.94. The normalized spacial score (nSPS) is 13.9. The Hall–Kier alpha value is -4.08. The van der Waals surface area contributed by atoms with Crippen LogP contribution in [-0.4, -0.2) is 47.3 Å². The van der Waals surface area contributed by atoms with Gasteiger partial charge in [-0.25, -0.2) is 4.39 Å². The van der Waals surface area contributed by atoms with Gasteiger partial charge in [-0.3, -0.25) is 33.8 Å². The van der Waals surface area contributed by atoms with Crippen LogP contribution in [0.4, 0.5) is 27.1 Å². The van der Waals surface area contributed by atoms with Crippen molar-refractivity contribution >= 4 is 52.2 Å². The second-order valence-electron chi connectivity index (χ2n) is 8.87. The van der Waals surface area contributed by atoms with E-state index in [4.69, 9.17) is 5.11 Å². The number of benzene rings is 2. The molecule has 1 aliphatic heterocycles. The zero-order valence-corrected chi connectivity index (χ0v) is 20.2. The van der Waals surface area contributed by atoms with E-state index in [9.17, 15) is 28.4 Å². The van der Waals surface area contributed by atoms with Crippen molar-refractivity contribution in [2.75, 3.05) is 16.5 Å². The van der Waals surface area contributed by atoms with Crippen LogP contribution in [0, 0.1) is 11.8 Å². The van der Waals surface area contributed by atoms with Gasteiger partial charge in [0, 0.05) is 19.3 Å². The largest absolute Gasteiger partial charge is 0.481 e. The molecule has 0 aromatic heterocycles. The van der Waals surface area contributed by atoms with E-state index >= 15 is 0 Å². The predicted molar refractivity (Wildman–Crippen MR) is 131 cm³/mol. The van der Waals surface area contributed by atoms with Crippen LogP contribution >= 0.6 is 0 Å². The number of halogens is 1. The molecule has 36 heavy (non-hydrogen) atoms. The first-order valence-corrected chi connectivity index (χ1v) is 11.5. The van der Waals surface area contributed by atoms with Crippen LogP contribution in [0.5, 0.6) is 0 Å². The Morgan fingerprint density at radius 3 is 1.72 bits per heavy atom. The summed E-state index contributed by atoms with van der Waals surface area (Å²) in [7, 11) is 0. The number of ketones is 1. The minimum absolute atomic E-state index is 0.233. The molecule has 190 valence electrons. The highest BCUT2D eigenvalue weighted by Gasteiger charge is 2.36. The third-order valence-electron chi connectivity index (χ3n) is 6.04. The molecule has 0 saturated carbocycles. The van der Waals surface area contributed by atoms with Crippen molar-refractivity contribution in [2.24, 2.45) is 11.8 Å². The minimum Gasteiger partial charge on any atom is -0.481 e. The highest BCUT2D eigenvalue weighted by Crippen LogP contribution is 2.48. The summed E-state index contributed by atoms with van der Waals surface area (Å²) in [6.45, 7) is 3.44. The number of nitrogens with one attached hydrogen (secondary N) is 1. The molecule has 2 N–H and O–H groups in total. The molecule has 2 aromatic rings. The number of hydrogen-bond acceptors (Lipinski definition) is 5. The number of aliphatic carboxylic acids is 1. The lowest BCUT2D eigenvalue weighted by Crippen LogP contribution is -2.47. The van der Waals surface area contributed by atoms with Crippen LogP contribution in [0.25, 0.3) is 0 Å². The summed E-state index contributed by atoms with van der Waals surface area (Å²) in [5.41, 5.74) is 1.96. The summed E-state index contributed by atoms with van der Waals surface area (Å²) in [6.07, 6.45) is -1.03. The molecule has 0 saturated heterocycles. The molecular formula is C26H28FN3O6. The van der Waals surface area contributed by atoms with Crippen molar-refractivity contribution in [1.82, 2.24) is 5.32 Å². The zero-order valence-electron chi connectivity index (χ0n) is 20.2. The molecule has 3 rings (SSSR count). The van der Waals surface area contributed by atoms with Crippen molar-refractivity contribution in [3.05, 3.63) is 48.5 Å². The molecule has 1 unspecified atom stereocenters. The van der Waals surface area contributed by atoms with Gasteiger partial charge < -0.3 is 10.4 Å². The Morgan fingerprint density at radius 1 is 0.861 bits per heavy atom. The Bertz CT molecular complexity index is 1150. The molecule has 0 bridgehead atoms. The van der Waals surface area contributed by atoms with E-state index in [0.29, 0.717) is 22.7 Å². The Labute approximate surface area is 207 Å². The lowest BCUT2D eigenvalue weighted by Gasteiger charge is -2.38.